The summed E-state index contributed by atoms with van der Waals surface area (Å²) in [4.78, 5) is 1.25. The van der Waals surface area contributed by atoms with Gasteiger partial charge in [0, 0.05) is 19.4 Å². The molecule has 1 unspecified atom stereocenters. The van der Waals surface area contributed by atoms with Crippen molar-refractivity contribution in [1.82, 2.24) is 5.32 Å². The van der Waals surface area contributed by atoms with Crippen molar-refractivity contribution >= 4 is 59.1 Å². The highest BCUT2D eigenvalue weighted by Gasteiger charge is 2.21. The van der Waals surface area contributed by atoms with E-state index in [0.717, 1.165) is 37.0 Å². The van der Waals surface area contributed by atoms with E-state index in [9.17, 15) is 0 Å². The zero-order valence-electron chi connectivity index (χ0n) is 11.8. The first kappa shape index (κ1) is 17.5. The maximum atomic E-state index is 5.54. The van der Waals surface area contributed by atoms with Crippen molar-refractivity contribution in [2.45, 2.75) is 19.4 Å². The third kappa shape index (κ3) is 4.32. The SMILES string of the molecule is CCCNC(c1cc(Br)c(Br)s1)c1cc(Br)ccc1OC. The monoisotopic (exact) mass is 495 g/mol. The zero-order chi connectivity index (χ0) is 15.4. The van der Waals surface area contributed by atoms with Crippen LogP contribution in [0.4, 0.5) is 0 Å². The van der Waals surface area contributed by atoms with Crippen molar-refractivity contribution < 1.29 is 4.74 Å². The molecule has 0 saturated heterocycles. The molecule has 114 valence electrons. The molecule has 2 rings (SSSR count). The number of benzene rings is 1. The molecular weight excluding hydrogens is 482 g/mol. The van der Waals surface area contributed by atoms with Crippen molar-refractivity contribution in [3.63, 3.8) is 0 Å². The summed E-state index contributed by atoms with van der Waals surface area (Å²) >= 11 is 12.4. The highest BCUT2D eigenvalue weighted by molar-refractivity contribution is 9.13. The number of hydrogen-bond acceptors (Lipinski definition) is 3. The molecule has 1 N–H and O–H groups in total. The highest BCUT2D eigenvalue weighted by atomic mass is 79.9. The van der Waals surface area contributed by atoms with Crippen molar-refractivity contribution in [3.8, 4) is 5.75 Å². The van der Waals surface area contributed by atoms with E-state index in [1.54, 1.807) is 18.4 Å². The summed E-state index contributed by atoms with van der Waals surface area (Å²) in [6, 6.07) is 8.39. The van der Waals surface area contributed by atoms with Gasteiger partial charge in [0.05, 0.1) is 16.9 Å². The van der Waals surface area contributed by atoms with Crippen molar-refractivity contribution in [2.75, 3.05) is 13.7 Å². The Labute approximate surface area is 154 Å². The summed E-state index contributed by atoms with van der Waals surface area (Å²) < 4.78 is 8.78. The topological polar surface area (TPSA) is 21.3 Å². The van der Waals surface area contributed by atoms with Gasteiger partial charge < -0.3 is 10.1 Å². The molecule has 1 heterocycles. The Morgan fingerprint density at radius 2 is 2.00 bits per heavy atom. The van der Waals surface area contributed by atoms with Crippen LogP contribution in [0, 0.1) is 0 Å². The van der Waals surface area contributed by atoms with E-state index in [1.807, 2.05) is 12.1 Å². The Balaban J connectivity index is 2.47. The molecule has 0 spiro atoms. The molecule has 2 nitrogen and oxygen atoms in total. The first-order valence-corrected chi connectivity index (χ1v) is 9.78. The van der Waals surface area contributed by atoms with E-state index in [2.05, 4.69) is 72.2 Å². The van der Waals surface area contributed by atoms with Gasteiger partial charge >= 0.3 is 0 Å². The average Bonchev–Trinajstić information content (AvgIpc) is 2.79. The average molecular weight is 498 g/mol. The quantitative estimate of drug-likeness (QED) is 0.518. The van der Waals surface area contributed by atoms with Gasteiger partial charge in [-0.25, -0.2) is 0 Å². The molecule has 1 aromatic carbocycles. The van der Waals surface area contributed by atoms with E-state index in [1.165, 1.54) is 4.88 Å². The fourth-order valence-corrected chi connectivity index (χ4v) is 4.65. The molecule has 0 aliphatic carbocycles. The second kappa shape index (κ2) is 8.11. The van der Waals surface area contributed by atoms with Crippen molar-refractivity contribution in [3.05, 3.63) is 47.4 Å². The van der Waals surface area contributed by atoms with E-state index >= 15 is 0 Å². The molecular formula is C15H16Br3NOS. The molecule has 2 aromatic rings. The van der Waals surface area contributed by atoms with E-state index < -0.39 is 0 Å². The standard InChI is InChI=1S/C15H16Br3NOS/c1-3-6-19-14(13-8-11(17)15(18)21-13)10-7-9(16)4-5-12(10)20-2/h4-5,7-8,14,19H,3,6H2,1-2H3. The van der Waals surface area contributed by atoms with E-state index in [4.69, 9.17) is 4.74 Å². The Bertz CT molecular complexity index is 595. The predicted octanol–water partition coefficient (Wildman–Crippen LogP) is 6.13. The fourth-order valence-electron chi connectivity index (χ4n) is 2.09. The van der Waals surface area contributed by atoms with Gasteiger partial charge in [-0.3, -0.25) is 0 Å². The smallest absolute Gasteiger partial charge is 0.124 e. The molecule has 6 heteroatoms. The maximum Gasteiger partial charge on any atom is 0.124 e. The van der Waals surface area contributed by atoms with Gasteiger partial charge in [0.15, 0.2) is 0 Å². The Kier molecular flexibility index (Phi) is 6.75. The largest absolute Gasteiger partial charge is 0.496 e. The summed E-state index contributed by atoms with van der Waals surface area (Å²) in [7, 11) is 1.71. The van der Waals surface area contributed by atoms with Gasteiger partial charge in [-0.1, -0.05) is 22.9 Å². The van der Waals surface area contributed by atoms with E-state index in [0.29, 0.717) is 0 Å². The lowest BCUT2D eigenvalue weighted by atomic mass is 10.0. The van der Waals surface area contributed by atoms with Gasteiger partial charge in [-0.15, -0.1) is 11.3 Å². The molecule has 1 aromatic heterocycles. The minimum atomic E-state index is 0.116. The Hall–Kier alpha value is 0.120. The molecule has 0 amide bonds. The van der Waals surface area contributed by atoms with Crippen LogP contribution in [0.1, 0.15) is 29.8 Å². The molecule has 0 radical (unpaired) electrons. The number of nitrogens with one attached hydrogen (secondary N) is 1. The number of rotatable bonds is 6. The van der Waals surface area contributed by atoms with Gasteiger partial charge in [0.25, 0.3) is 0 Å². The molecule has 0 aliphatic rings. The Morgan fingerprint density at radius 3 is 2.57 bits per heavy atom. The summed E-state index contributed by atoms with van der Waals surface area (Å²) in [6.45, 7) is 3.12. The molecule has 21 heavy (non-hydrogen) atoms. The number of methoxy groups -OCH3 is 1. The lowest BCUT2D eigenvalue weighted by Crippen LogP contribution is -2.23. The first-order valence-electron chi connectivity index (χ1n) is 6.58. The molecule has 0 aliphatic heterocycles. The third-order valence-corrected chi connectivity index (χ3v) is 6.86. The highest BCUT2D eigenvalue weighted by Crippen LogP contribution is 2.40. The normalized spacial score (nSPS) is 12.4. The number of thiophene rings is 1. The number of hydrogen-bond donors (Lipinski definition) is 1. The van der Waals surface area contributed by atoms with Crippen LogP contribution in [-0.4, -0.2) is 13.7 Å². The molecule has 1 atom stereocenters. The summed E-state index contributed by atoms with van der Waals surface area (Å²) in [5.41, 5.74) is 1.14. The van der Waals surface area contributed by atoms with Gasteiger partial charge in [0.2, 0.25) is 0 Å². The van der Waals surface area contributed by atoms with Crippen LogP contribution in [-0.2, 0) is 0 Å². The second-order valence-corrected chi connectivity index (χ2v) is 8.72. The predicted molar refractivity (Wildman–Crippen MR) is 101 cm³/mol. The van der Waals surface area contributed by atoms with Gasteiger partial charge in [-0.2, -0.15) is 0 Å². The van der Waals surface area contributed by atoms with Crippen molar-refractivity contribution in [1.29, 1.82) is 0 Å². The van der Waals surface area contributed by atoms with E-state index in [-0.39, 0.29) is 6.04 Å². The van der Waals surface area contributed by atoms with Crippen molar-refractivity contribution in [2.24, 2.45) is 0 Å². The summed E-state index contributed by atoms with van der Waals surface area (Å²) in [5, 5.41) is 3.61. The maximum absolute atomic E-state index is 5.54. The number of ether oxygens (including phenoxy) is 1. The minimum absolute atomic E-state index is 0.116. The summed E-state index contributed by atoms with van der Waals surface area (Å²) in [6.07, 6.45) is 1.08. The molecule has 0 saturated carbocycles. The van der Waals surface area contributed by atoms with Crippen LogP contribution in [0.15, 0.2) is 37.0 Å². The minimum Gasteiger partial charge on any atom is -0.496 e. The second-order valence-electron chi connectivity index (χ2n) is 4.54. The number of halogens is 3. The molecule has 0 bridgehead atoms. The van der Waals surface area contributed by atoms with Gasteiger partial charge in [-0.05, 0) is 69.1 Å². The zero-order valence-corrected chi connectivity index (χ0v) is 17.3. The Morgan fingerprint density at radius 1 is 1.24 bits per heavy atom. The van der Waals surface area contributed by atoms with Crippen LogP contribution in [0.5, 0.6) is 5.75 Å². The van der Waals surface area contributed by atoms with Crippen LogP contribution in [0.25, 0.3) is 0 Å². The lowest BCUT2D eigenvalue weighted by molar-refractivity contribution is 0.404. The van der Waals surface area contributed by atoms with Crippen LogP contribution in [0.2, 0.25) is 0 Å². The van der Waals surface area contributed by atoms with Gasteiger partial charge in [0.1, 0.15) is 5.75 Å². The van der Waals surface area contributed by atoms with Crippen LogP contribution >= 0.6 is 59.1 Å². The summed E-state index contributed by atoms with van der Waals surface area (Å²) in [5.74, 6) is 0.896. The fraction of sp³-hybridized carbons (Fsp3) is 0.333. The van der Waals surface area contributed by atoms with Crippen LogP contribution < -0.4 is 10.1 Å². The lowest BCUT2D eigenvalue weighted by Gasteiger charge is -2.20. The first-order chi connectivity index (χ1) is 10.1. The molecule has 0 fully saturated rings. The third-order valence-electron chi connectivity index (χ3n) is 3.05. The van der Waals surface area contributed by atoms with Crippen LogP contribution in [0.3, 0.4) is 0 Å².